The number of hydrogen-bond acceptors (Lipinski definition) is 6. The fourth-order valence-electron chi connectivity index (χ4n) is 2.97. The molecule has 8 heteroatoms. The molecule has 0 N–H and O–H groups in total. The minimum absolute atomic E-state index is 0.130. The van der Waals surface area contributed by atoms with Crippen LogP contribution < -0.4 is 4.74 Å². The largest absolute Gasteiger partial charge is 0.513 e. The van der Waals surface area contributed by atoms with E-state index in [1.54, 1.807) is 53.1 Å². The summed E-state index contributed by atoms with van der Waals surface area (Å²) in [5.41, 5.74) is 0.488. The third-order valence-electron chi connectivity index (χ3n) is 4.37. The molecular weight excluding hydrogens is 364 g/mol. The molecule has 0 bridgehead atoms. The van der Waals surface area contributed by atoms with E-state index in [0.29, 0.717) is 49.7 Å². The fourth-order valence-corrected chi connectivity index (χ4v) is 2.97. The normalized spacial score (nSPS) is 14.3. The third-order valence-corrected chi connectivity index (χ3v) is 4.37. The maximum Gasteiger partial charge on any atom is 0.513 e. The number of carbonyl (C=O) groups is 3. The molecule has 1 aliphatic rings. The second-order valence-electron chi connectivity index (χ2n) is 6.22. The number of benzene rings is 1. The zero-order valence-corrected chi connectivity index (χ0v) is 15.6. The van der Waals surface area contributed by atoms with Gasteiger partial charge in [0.2, 0.25) is 0 Å². The Bertz CT molecular complexity index is 816. The molecule has 0 aliphatic carbocycles. The van der Waals surface area contributed by atoms with E-state index in [0.717, 1.165) is 0 Å². The summed E-state index contributed by atoms with van der Waals surface area (Å²) < 4.78 is 14.9. The van der Waals surface area contributed by atoms with E-state index in [1.165, 1.54) is 6.26 Å². The molecule has 2 heterocycles. The van der Waals surface area contributed by atoms with Gasteiger partial charge in [-0.1, -0.05) is 0 Å². The van der Waals surface area contributed by atoms with Crippen LogP contribution in [-0.2, 0) is 4.74 Å². The van der Waals surface area contributed by atoms with Crippen molar-refractivity contribution in [2.45, 2.75) is 13.3 Å². The first-order valence-electron chi connectivity index (χ1n) is 9.15. The Morgan fingerprint density at radius 3 is 2.25 bits per heavy atom. The summed E-state index contributed by atoms with van der Waals surface area (Å²) in [5, 5.41) is 0. The van der Waals surface area contributed by atoms with Gasteiger partial charge in [0.1, 0.15) is 5.75 Å². The lowest BCUT2D eigenvalue weighted by atomic mass is 10.2. The number of hydrogen-bond donors (Lipinski definition) is 0. The van der Waals surface area contributed by atoms with Crippen LogP contribution in [-0.4, -0.2) is 60.6 Å². The molecular formula is C20H22N2O6. The van der Waals surface area contributed by atoms with E-state index >= 15 is 0 Å². The summed E-state index contributed by atoms with van der Waals surface area (Å²) in [6.07, 6.45) is 1.37. The number of rotatable bonds is 4. The Morgan fingerprint density at radius 1 is 0.964 bits per heavy atom. The number of ether oxygens (including phenoxy) is 2. The molecule has 1 saturated heterocycles. The van der Waals surface area contributed by atoms with Crippen LogP contribution in [0.4, 0.5) is 4.79 Å². The van der Waals surface area contributed by atoms with Crippen molar-refractivity contribution >= 4 is 18.0 Å². The molecule has 8 nitrogen and oxygen atoms in total. The first-order chi connectivity index (χ1) is 13.6. The van der Waals surface area contributed by atoms with Crippen molar-refractivity contribution in [1.29, 1.82) is 0 Å². The minimum atomic E-state index is -0.782. The van der Waals surface area contributed by atoms with Crippen molar-refractivity contribution in [3.63, 3.8) is 0 Å². The van der Waals surface area contributed by atoms with Gasteiger partial charge in [-0.15, -0.1) is 0 Å². The highest BCUT2D eigenvalue weighted by Gasteiger charge is 2.24. The Morgan fingerprint density at radius 2 is 1.64 bits per heavy atom. The topological polar surface area (TPSA) is 89.3 Å². The van der Waals surface area contributed by atoms with E-state index in [9.17, 15) is 14.4 Å². The summed E-state index contributed by atoms with van der Waals surface area (Å²) in [4.78, 5) is 39.9. The fraction of sp³-hybridized carbons (Fsp3) is 0.350. The predicted molar refractivity (Wildman–Crippen MR) is 99.2 cm³/mol. The molecule has 148 valence electrons. The van der Waals surface area contributed by atoms with Crippen LogP contribution in [0.3, 0.4) is 0 Å². The van der Waals surface area contributed by atoms with Gasteiger partial charge in [-0.2, -0.15) is 0 Å². The Labute approximate surface area is 162 Å². The lowest BCUT2D eigenvalue weighted by molar-refractivity contribution is 0.0700. The average Bonchev–Trinajstić information content (AvgIpc) is 3.12. The molecule has 0 atom stereocenters. The van der Waals surface area contributed by atoms with Crippen LogP contribution in [0.25, 0.3) is 0 Å². The van der Waals surface area contributed by atoms with Crippen LogP contribution in [0, 0.1) is 0 Å². The van der Waals surface area contributed by atoms with Crippen molar-refractivity contribution in [3.8, 4) is 5.75 Å². The summed E-state index contributed by atoms with van der Waals surface area (Å²) in [7, 11) is 0. The van der Waals surface area contributed by atoms with Crippen molar-refractivity contribution < 1.29 is 28.3 Å². The van der Waals surface area contributed by atoms with Gasteiger partial charge in [0.05, 0.1) is 12.9 Å². The molecule has 1 aromatic heterocycles. The van der Waals surface area contributed by atoms with Crippen molar-refractivity contribution in [3.05, 3.63) is 54.0 Å². The smallest absolute Gasteiger partial charge is 0.459 e. The molecule has 28 heavy (non-hydrogen) atoms. The Balaban J connectivity index is 1.58. The van der Waals surface area contributed by atoms with Gasteiger partial charge >= 0.3 is 6.16 Å². The highest BCUT2D eigenvalue weighted by atomic mass is 16.7. The van der Waals surface area contributed by atoms with Gasteiger partial charge in [-0.3, -0.25) is 9.59 Å². The lowest BCUT2D eigenvalue weighted by Gasteiger charge is -2.21. The molecule has 2 aromatic rings. The molecule has 0 saturated carbocycles. The first-order valence-corrected chi connectivity index (χ1v) is 9.15. The molecule has 1 aromatic carbocycles. The van der Waals surface area contributed by atoms with Crippen molar-refractivity contribution in [1.82, 2.24) is 9.80 Å². The molecule has 0 unspecified atom stereocenters. The number of furan rings is 1. The van der Waals surface area contributed by atoms with Gasteiger partial charge in [0, 0.05) is 31.7 Å². The molecule has 0 spiro atoms. The van der Waals surface area contributed by atoms with Gasteiger partial charge in [0.25, 0.3) is 11.8 Å². The van der Waals surface area contributed by atoms with Crippen LogP contribution in [0.5, 0.6) is 5.75 Å². The highest BCUT2D eigenvalue weighted by molar-refractivity contribution is 5.95. The average molecular weight is 386 g/mol. The zero-order chi connectivity index (χ0) is 19.9. The van der Waals surface area contributed by atoms with Crippen molar-refractivity contribution in [2.24, 2.45) is 0 Å². The van der Waals surface area contributed by atoms with Gasteiger partial charge < -0.3 is 23.7 Å². The van der Waals surface area contributed by atoms with E-state index in [2.05, 4.69) is 0 Å². The van der Waals surface area contributed by atoms with E-state index in [1.807, 2.05) is 0 Å². The second kappa shape index (κ2) is 9.07. The molecule has 1 aliphatic heterocycles. The molecule has 3 rings (SSSR count). The SMILES string of the molecule is CCOC(=O)Oc1ccc(C(=O)N2CCCN(C(=O)c3ccco3)CC2)cc1. The number of amides is 2. The van der Waals surface area contributed by atoms with E-state index in [4.69, 9.17) is 13.9 Å². The molecule has 0 radical (unpaired) electrons. The first kappa shape index (κ1) is 19.5. The van der Waals surface area contributed by atoms with E-state index < -0.39 is 6.16 Å². The van der Waals surface area contributed by atoms with Gasteiger partial charge in [0.15, 0.2) is 5.76 Å². The van der Waals surface area contributed by atoms with Crippen LogP contribution in [0.2, 0.25) is 0 Å². The minimum Gasteiger partial charge on any atom is -0.459 e. The quantitative estimate of drug-likeness (QED) is 0.593. The van der Waals surface area contributed by atoms with Gasteiger partial charge in [-0.05, 0) is 49.7 Å². The summed E-state index contributed by atoms with van der Waals surface area (Å²) in [6.45, 7) is 3.91. The summed E-state index contributed by atoms with van der Waals surface area (Å²) >= 11 is 0. The molecule has 2 amide bonds. The molecule has 1 fully saturated rings. The standard InChI is InChI=1S/C20H22N2O6/c1-2-26-20(25)28-16-8-6-15(7-9-16)18(23)21-10-4-11-22(13-12-21)19(24)17-5-3-14-27-17/h3,5-9,14H,2,4,10-13H2,1H3. The van der Waals surface area contributed by atoms with Gasteiger partial charge in [-0.25, -0.2) is 4.79 Å². The van der Waals surface area contributed by atoms with Crippen LogP contribution in [0.15, 0.2) is 47.1 Å². The third kappa shape index (κ3) is 4.70. The maximum absolute atomic E-state index is 12.8. The zero-order valence-electron chi connectivity index (χ0n) is 15.6. The summed E-state index contributed by atoms with van der Waals surface area (Å²) in [6, 6.07) is 9.62. The van der Waals surface area contributed by atoms with E-state index in [-0.39, 0.29) is 18.4 Å². The monoisotopic (exact) mass is 386 g/mol. The van der Waals surface area contributed by atoms with Crippen molar-refractivity contribution in [2.75, 3.05) is 32.8 Å². The second-order valence-corrected chi connectivity index (χ2v) is 6.22. The predicted octanol–water partition coefficient (Wildman–Crippen LogP) is 2.80. The highest BCUT2D eigenvalue weighted by Crippen LogP contribution is 2.16. The summed E-state index contributed by atoms with van der Waals surface area (Å²) in [5.74, 6) is 0.313. The maximum atomic E-state index is 12.8. The number of carbonyl (C=O) groups excluding carboxylic acids is 3. The van der Waals surface area contributed by atoms with Crippen LogP contribution >= 0.6 is 0 Å². The Hall–Kier alpha value is -3.29. The van der Waals surface area contributed by atoms with Crippen LogP contribution in [0.1, 0.15) is 34.3 Å². The number of nitrogens with zero attached hydrogens (tertiary/aromatic N) is 2. The lowest BCUT2D eigenvalue weighted by Crippen LogP contribution is -2.37. The Kier molecular flexibility index (Phi) is 6.31.